The number of ether oxygens (including phenoxy) is 1. The highest BCUT2D eigenvalue weighted by molar-refractivity contribution is 6.12. The van der Waals surface area contributed by atoms with Crippen molar-refractivity contribution in [1.29, 1.82) is 10.5 Å². The molecule has 1 rings (SSSR count). The average Bonchev–Trinajstić information content (AvgIpc) is 2.43. The highest BCUT2D eigenvalue weighted by atomic mass is 19.1. The number of carbonyl (C=O) groups excluding carboxylic acids is 2. The number of methoxy groups -OCH3 is 1. The molecule has 0 fully saturated rings. The lowest BCUT2D eigenvalue weighted by molar-refractivity contribution is -0.144. The van der Waals surface area contributed by atoms with Crippen LogP contribution in [-0.4, -0.2) is 25.0 Å². The molecule has 5 nitrogen and oxygen atoms in total. The molecule has 0 aliphatic carbocycles. The van der Waals surface area contributed by atoms with Crippen LogP contribution in [0, 0.1) is 22.7 Å². The standard InChI is InChI=1S/C12H7FN2O3/c1-18-12(17)10(13)11(16)9-3-2-7(5-14)4-8(9)6-15/h2-4,10H,1H3. The number of benzene rings is 1. The van der Waals surface area contributed by atoms with Gasteiger partial charge in [-0.1, -0.05) is 0 Å². The highest BCUT2D eigenvalue weighted by Gasteiger charge is 2.29. The van der Waals surface area contributed by atoms with Gasteiger partial charge in [0.25, 0.3) is 6.17 Å². The van der Waals surface area contributed by atoms with E-state index in [1.54, 1.807) is 12.1 Å². The molecule has 0 bridgehead atoms. The molecule has 0 spiro atoms. The third-order valence-corrected chi connectivity index (χ3v) is 2.17. The molecule has 0 amide bonds. The quantitative estimate of drug-likeness (QED) is 0.453. The first-order valence-electron chi connectivity index (χ1n) is 4.75. The molecule has 1 unspecified atom stereocenters. The van der Waals surface area contributed by atoms with Crippen LogP contribution in [0.15, 0.2) is 18.2 Å². The van der Waals surface area contributed by atoms with Gasteiger partial charge in [-0.15, -0.1) is 0 Å². The number of nitriles is 2. The first kappa shape index (κ1) is 13.3. The van der Waals surface area contributed by atoms with Crippen LogP contribution in [0.4, 0.5) is 4.39 Å². The van der Waals surface area contributed by atoms with Crippen LogP contribution < -0.4 is 0 Å². The minimum atomic E-state index is -2.48. The lowest BCUT2D eigenvalue weighted by Crippen LogP contribution is -2.27. The fourth-order valence-electron chi connectivity index (χ4n) is 1.27. The van der Waals surface area contributed by atoms with Gasteiger partial charge in [0.15, 0.2) is 0 Å². The summed E-state index contributed by atoms with van der Waals surface area (Å²) in [6.07, 6.45) is -2.48. The molecule has 0 heterocycles. The summed E-state index contributed by atoms with van der Waals surface area (Å²) in [5.41, 5.74) is -0.253. The molecular formula is C12H7FN2O3. The Balaban J connectivity index is 3.19. The van der Waals surface area contributed by atoms with Crippen molar-refractivity contribution in [2.24, 2.45) is 0 Å². The van der Waals surface area contributed by atoms with Gasteiger partial charge in [-0.3, -0.25) is 4.79 Å². The van der Waals surface area contributed by atoms with E-state index in [0.717, 1.165) is 19.2 Å². The summed E-state index contributed by atoms with van der Waals surface area (Å²) >= 11 is 0. The molecular weight excluding hydrogens is 239 g/mol. The normalized spacial score (nSPS) is 10.9. The fourth-order valence-corrected chi connectivity index (χ4v) is 1.27. The smallest absolute Gasteiger partial charge is 0.348 e. The minimum Gasteiger partial charge on any atom is -0.467 e. The number of hydrogen-bond acceptors (Lipinski definition) is 5. The monoisotopic (exact) mass is 246 g/mol. The van der Waals surface area contributed by atoms with E-state index in [-0.39, 0.29) is 16.7 Å². The van der Waals surface area contributed by atoms with Gasteiger partial charge in [0, 0.05) is 5.56 Å². The number of halogens is 1. The first-order chi connectivity index (χ1) is 8.54. The van der Waals surface area contributed by atoms with Gasteiger partial charge < -0.3 is 4.74 Å². The summed E-state index contributed by atoms with van der Waals surface area (Å²) in [7, 11) is 0.951. The molecule has 0 saturated heterocycles. The van der Waals surface area contributed by atoms with Crippen molar-refractivity contribution in [3.8, 4) is 12.1 Å². The van der Waals surface area contributed by atoms with Crippen molar-refractivity contribution >= 4 is 11.8 Å². The Morgan fingerprint density at radius 3 is 2.50 bits per heavy atom. The molecule has 1 aromatic rings. The Hall–Kier alpha value is -2.73. The number of carbonyl (C=O) groups is 2. The maximum absolute atomic E-state index is 13.4. The largest absolute Gasteiger partial charge is 0.467 e. The number of nitrogens with zero attached hydrogens (tertiary/aromatic N) is 2. The summed E-state index contributed by atoms with van der Waals surface area (Å²) in [6, 6.07) is 7.00. The molecule has 0 aliphatic heterocycles. The first-order valence-corrected chi connectivity index (χ1v) is 4.75. The van der Waals surface area contributed by atoms with Gasteiger partial charge >= 0.3 is 5.97 Å². The van der Waals surface area contributed by atoms with Crippen molar-refractivity contribution in [2.75, 3.05) is 7.11 Å². The summed E-state index contributed by atoms with van der Waals surface area (Å²) in [5, 5.41) is 17.4. The van der Waals surface area contributed by atoms with E-state index in [2.05, 4.69) is 4.74 Å². The molecule has 0 aliphatic rings. The van der Waals surface area contributed by atoms with Crippen LogP contribution in [0.3, 0.4) is 0 Å². The summed E-state index contributed by atoms with van der Waals surface area (Å²) < 4.78 is 17.5. The van der Waals surface area contributed by atoms with E-state index < -0.39 is 17.9 Å². The second-order valence-electron chi connectivity index (χ2n) is 3.23. The molecule has 0 N–H and O–H groups in total. The van der Waals surface area contributed by atoms with Crippen molar-refractivity contribution in [1.82, 2.24) is 0 Å². The molecule has 90 valence electrons. The fraction of sp³-hybridized carbons (Fsp3) is 0.167. The van der Waals surface area contributed by atoms with Crippen LogP contribution in [0.1, 0.15) is 21.5 Å². The van der Waals surface area contributed by atoms with E-state index in [4.69, 9.17) is 10.5 Å². The van der Waals surface area contributed by atoms with Gasteiger partial charge in [0.05, 0.1) is 30.4 Å². The van der Waals surface area contributed by atoms with Gasteiger partial charge in [0.2, 0.25) is 5.78 Å². The minimum absolute atomic E-state index is 0.161. The second-order valence-corrected chi connectivity index (χ2v) is 3.23. The Bertz CT molecular complexity index is 584. The maximum atomic E-state index is 13.4. The zero-order valence-electron chi connectivity index (χ0n) is 9.31. The summed E-state index contributed by atoms with van der Waals surface area (Å²) in [4.78, 5) is 22.5. The predicted molar refractivity (Wildman–Crippen MR) is 57.1 cm³/mol. The second kappa shape index (κ2) is 5.55. The SMILES string of the molecule is COC(=O)C(F)C(=O)c1ccc(C#N)cc1C#N. The van der Waals surface area contributed by atoms with Gasteiger partial charge in [-0.25, -0.2) is 9.18 Å². The predicted octanol–water partition coefficient (Wildman–Crippen LogP) is 1.12. The van der Waals surface area contributed by atoms with Gasteiger partial charge in [0.1, 0.15) is 0 Å². The van der Waals surface area contributed by atoms with Crippen molar-refractivity contribution in [3.63, 3.8) is 0 Å². The van der Waals surface area contributed by atoms with Crippen LogP contribution >= 0.6 is 0 Å². The Labute approximate surface area is 102 Å². The van der Waals surface area contributed by atoms with Crippen molar-refractivity contribution in [2.45, 2.75) is 6.17 Å². The van der Waals surface area contributed by atoms with Gasteiger partial charge in [-0.2, -0.15) is 10.5 Å². The highest BCUT2D eigenvalue weighted by Crippen LogP contribution is 2.15. The van der Waals surface area contributed by atoms with E-state index in [9.17, 15) is 14.0 Å². The van der Waals surface area contributed by atoms with Crippen molar-refractivity contribution in [3.05, 3.63) is 34.9 Å². The van der Waals surface area contributed by atoms with Crippen molar-refractivity contribution < 1.29 is 18.7 Å². The molecule has 1 atom stereocenters. The Morgan fingerprint density at radius 2 is 2.00 bits per heavy atom. The third kappa shape index (κ3) is 2.50. The zero-order valence-corrected chi connectivity index (χ0v) is 9.31. The molecule has 6 heteroatoms. The Kier molecular flexibility index (Phi) is 4.11. The summed E-state index contributed by atoms with van der Waals surface area (Å²) in [6.45, 7) is 0. The number of hydrogen-bond donors (Lipinski definition) is 0. The molecule has 0 aromatic heterocycles. The molecule has 1 aromatic carbocycles. The zero-order chi connectivity index (χ0) is 13.7. The third-order valence-electron chi connectivity index (χ3n) is 2.17. The topological polar surface area (TPSA) is 90.9 Å². The average molecular weight is 246 g/mol. The van der Waals surface area contributed by atoms with Crippen LogP contribution in [0.5, 0.6) is 0 Å². The van der Waals surface area contributed by atoms with Crippen LogP contribution in [-0.2, 0) is 9.53 Å². The van der Waals surface area contributed by atoms with Gasteiger partial charge in [-0.05, 0) is 18.2 Å². The Morgan fingerprint density at radius 1 is 1.33 bits per heavy atom. The number of Topliss-reactive ketones (excluding diaryl/α,β-unsaturated/α-hetero) is 1. The number of esters is 1. The van der Waals surface area contributed by atoms with E-state index >= 15 is 0 Å². The lowest BCUT2D eigenvalue weighted by Gasteiger charge is -2.06. The number of alkyl halides is 1. The number of rotatable bonds is 3. The van der Waals surface area contributed by atoms with Crippen LogP contribution in [0.25, 0.3) is 0 Å². The molecule has 18 heavy (non-hydrogen) atoms. The van der Waals surface area contributed by atoms with E-state index in [1.807, 2.05) is 0 Å². The van der Waals surface area contributed by atoms with E-state index in [0.29, 0.717) is 0 Å². The molecule has 0 radical (unpaired) electrons. The number of ketones is 1. The van der Waals surface area contributed by atoms with Crippen LogP contribution in [0.2, 0.25) is 0 Å². The molecule has 0 saturated carbocycles. The lowest BCUT2D eigenvalue weighted by atomic mass is 9.99. The maximum Gasteiger partial charge on any atom is 0.348 e. The van der Waals surface area contributed by atoms with E-state index in [1.165, 1.54) is 6.07 Å². The summed E-state index contributed by atoms with van der Waals surface area (Å²) in [5.74, 6) is -2.49.